The first-order valence-electron chi connectivity index (χ1n) is 6.12. The minimum atomic E-state index is -0.852. The van der Waals surface area contributed by atoms with E-state index >= 15 is 0 Å². The molecule has 0 aliphatic carbocycles. The smallest absolute Gasteiger partial charge is 0.316 e. The normalized spacial score (nSPS) is 10.6. The predicted octanol–water partition coefficient (Wildman–Crippen LogP) is 0.675. The first kappa shape index (κ1) is 15.7. The van der Waals surface area contributed by atoms with Crippen molar-refractivity contribution in [3.8, 4) is 0 Å². The number of hydrogen-bond acceptors (Lipinski definition) is 4. The minimum Gasteiger partial charge on any atom is -0.455 e. The summed E-state index contributed by atoms with van der Waals surface area (Å²) in [5.74, 6) is -1.52. The lowest BCUT2D eigenvalue weighted by molar-refractivity contribution is -0.153. The van der Waals surface area contributed by atoms with Crippen molar-refractivity contribution in [2.24, 2.45) is 0 Å². The number of carbonyl (C=O) groups excluding carboxylic acids is 3. The van der Waals surface area contributed by atoms with Crippen LogP contribution in [0.15, 0.2) is 30.3 Å². The molecule has 2 N–H and O–H groups in total. The molecule has 0 heterocycles. The fourth-order valence-corrected chi connectivity index (χ4v) is 1.48. The quantitative estimate of drug-likeness (QED) is 0.626. The van der Waals surface area contributed by atoms with E-state index in [9.17, 15) is 14.4 Å². The van der Waals surface area contributed by atoms with Gasteiger partial charge in [0.15, 0.2) is 6.61 Å². The molecule has 20 heavy (non-hydrogen) atoms. The number of ether oxygens (including phenoxy) is 1. The lowest BCUT2D eigenvalue weighted by atomic mass is 9.85. The summed E-state index contributed by atoms with van der Waals surface area (Å²) in [6.07, 6.45) is 0. The Balaban J connectivity index is 2.54. The third kappa shape index (κ3) is 4.38. The molecular weight excluding hydrogens is 260 g/mol. The number of benzene rings is 1. The molecule has 0 unspecified atom stereocenters. The fourth-order valence-electron chi connectivity index (χ4n) is 1.48. The lowest BCUT2D eigenvalue weighted by Crippen LogP contribution is -2.43. The Morgan fingerprint density at radius 1 is 1.10 bits per heavy atom. The molecule has 0 radical (unpaired) electrons. The van der Waals surface area contributed by atoms with Gasteiger partial charge in [0.05, 0.1) is 5.41 Å². The largest absolute Gasteiger partial charge is 0.455 e. The topological polar surface area (TPSA) is 84.5 Å². The Kier molecular flexibility index (Phi) is 5.25. The van der Waals surface area contributed by atoms with Crippen molar-refractivity contribution in [3.05, 3.63) is 35.9 Å². The molecule has 0 atom stereocenters. The van der Waals surface area contributed by atoms with E-state index in [4.69, 9.17) is 4.74 Å². The molecule has 1 aromatic carbocycles. The summed E-state index contributed by atoms with van der Waals surface area (Å²) in [6, 6.07) is 9.14. The standard InChI is InChI=1S/C14H18N2O4/c1-10(17)15-16-12(18)9-20-13(19)14(2,3)11-7-5-4-6-8-11/h4-8H,9H2,1-3H3,(H,15,17)(H,16,18). The highest BCUT2D eigenvalue weighted by Gasteiger charge is 2.31. The Labute approximate surface area is 117 Å². The van der Waals surface area contributed by atoms with Gasteiger partial charge in [0.25, 0.3) is 5.91 Å². The minimum absolute atomic E-state index is 0.408. The average molecular weight is 278 g/mol. The first-order valence-corrected chi connectivity index (χ1v) is 6.12. The highest BCUT2D eigenvalue weighted by atomic mass is 16.5. The summed E-state index contributed by atoms with van der Waals surface area (Å²) in [4.78, 5) is 33.9. The van der Waals surface area contributed by atoms with Crippen LogP contribution in [0.25, 0.3) is 0 Å². The molecule has 6 nitrogen and oxygen atoms in total. The van der Waals surface area contributed by atoms with E-state index in [2.05, 4.69) is 10.9 Å². The van der Waals surface area contributed by atoms with E-state index in [1.165, 1.54) is 6.92 Å². The van der Waals surface area contributed by atoms with Crippen molar-refractivity contribution < 1.29 is 19.1 Å². The zero-order valence-electron chi connectivity index (χ0n) is 11.7. The Bertz CT molecular complexity index is 497. The second-order valence-corrected chi connectivity index (χ2v) is 4.80. The van der Waals surface area contributed by atoms with Crippen molar-refractivity contribution in [1.82, 2.24) is 10.9 Å². The second kappa shape index (κ2) is 6.70. The van der Waals surface area contributed by atoms with Crippen LogP contribution >= 0.6 is 0 Å². The van der Waals surface area contributed by atoms with Crippen LogP contribution in [0.1, 0.15) is 26.3 Å². The van der Waals surface area contributed by atoms with Crippen LogP contribution in [0.3, 0.4) is 0 Å². The molecule has 0 saturated heterocycles. The lowest BCUT2D eigenvalue weighted by Gasteiger charge is -2.22. The summed E-state index contributed by atoms with van der Waals surface area (Å²) in [7, 11) is 0. The van der Waals surface area contributed by atoms with Crippen LogP contribution in [-0.4, -0.2) is 24.4 Å². The van der Waals surface area contributed by atoms with E-state index in [0.29, 0.717) is 0 Å². The molecule has 2 amide bonds. The van der Waals surface area contributed by atoms with Crippen molar-refractivity contribution in [1.29, 1.82) is 0 Å². The van der Waals surface area contributed by atoms with E-state index < -0.39 is 29.8 Å². The molecule has 0 bridgehead atoms. The predicted molar refractivity (Wildman–Crippen MR) is 72.4 cm³/mol. The maximum Gasteiger partial charge on any atom is 0.316 e. The van der Waals surface area contributed by atoms with E-state index in [1.807, 2.05) is 30.3 Å². The highest BCUT2D eigenvalue weighted by molar-refractivity contribution is 5.86. The van der Waals surface area contributed by atoms with E-state index in [1.54, 1.807) is 13.8 Å². The van der Waals surface area contributed by atoms with Gasteiger partial charge in [-0.25, -0.2) is 0 Å². The molecular formula is C14H18N2O4. The van der Waals surface area contributed by atoms with Gasteiger partial charge in [0, 0.05) is 6.92 Å². The Morgan fingerprint density at radius 2 is 1.70 bits per heavy atom. The van der Waals surface area contributed by atoms with Gasteiger partial charge in [0.2, 0.25) is 5.91 Å². The highest BCUT2D eigenvalue weighted by Crippen LogP contribution is 2.24. The van der Waals surface area contributed by atoms with Gasteiger partial charge in [-0.05, 0) is 19.4 Å². The number of hydrogen-bond donors (Lipinski definition) is 2. The van der Waals surface area contributed by atoms with Gasteiger partial charge >= 0.3 is 5.97 Å². The number of esters is 1. The maximum absolute atomic E-state index is 12.0. The van der Waals surface area contributed by atoms with Gasteiger partial charge < -0.3 is 4.74 Å². The van der Waals surface area contributed by atoms with Crippen LogP contribution in [-0.2, 0) is 24.5 Å². The molecule has 108 valence electrons. The van der Waals surface area contributed by atoms with E-state index in [-0.39, 0.29) is 0 Å². The summed E-state index contributed by atoms with van der Waals surface area (Å²) in [6.45, 7) is 4.24. The second-order valence-electron chi connectivity index (χ2n) is 4.80. The number of nitrogens with one attached hydrogen (secondary N) is 2. The zero-order chi connectivity index (χ0) is 15.2. The first-order chi connectivity index (χ1) is 9.34. The molecule has 0 fully saturated rings. The molecule has 0 aliphatic heterocycles. The van der Waals surface area contributed by atoms with Gasteiger partial charge in [-0.2, -0.15) is 0 Å². The summed E-state index contributed by atoms with van der Waals surface area (Å²) >= 11 is 0. The van der Waals surface area contributed by atoms with Crippen LogP contribution in [0.4, 0.5) is 0 Å². The Hall–Kier alpha value is -2.37. The van der Waals surface area contributed by atoms with Gasteiger partial charge in [-0.1, -0.05) is 30.3 Å². The fraction of sp³-hybridized carbons (Fsp3) is 0.357. The Morgan fingerprint density at radius 3 is 2.25 bits per heavy atom. The number of hydrazine groups is 1. The molecule has 0 spiro atoms. The number of rotatable bonds is 4. The van der Waals surface area contributed by atoms with Crippen LogP contribution in [0, 0.1) is 0 Å². The molecule has 1 aromatic rings. The molecule has 1 rings (SSSR count). The van der Waals surface area contributed by atoms with Crippen molar-refractivity contribution >= 4 is 17.8 Å². The monoisotopic (exact) mass is 278 g/mol. The van der Waals surface area contributed by atoms with E-state index in [0.717, 1.165) is 5.56 Å². The summed E-state index contributed by atoms with van der Waals surface area (Å²) in [5, 5.41) is 0. The number of amides is 2. The van der Waals surface area contributed by atoms with Gasteiger partial charge in [-0.3, -0.25) is 25.2 Å². The summed E-state index contributed by atoms with van der Waals surface area (Å²) < 4.78 is 4.95. The third-order valence-corrected chi connectivity index (χ3v) is 2.72. The third-order valence-electron chi connectivity index (χ3n) is 2.72. The molecule has 0 saturated carbocycles. The number of carbonyl (C=O) groups is 3. The van der Waals surface area contributed by atoms with Crippen LogP contribution in [0.2, 0.25) is 0 Å². The maximum atomic E-state index is 12.0. The average Bonchev–Trinajstić information content (AvgIpc) is 2.43. The zero-order valence-corrected chi connectivity index (χ0v) is 11.7. The van der Waals surface area contributed by atoms with Gasteiger partial charge in [-0.15, -0.1) is 0 Å². The van der Waals surface area contributed by atoms with Crippen LogP contribution in [0.5, 0.6) is 0 Å². The van der Waals surface area contributed by atoms with Gasteiger partial charge in [0.1, 0.15) is 0 Å². The van der Waals surface area contributed by atoms with Crippen LogP contribution < -0.4 is 10.9 Å². The van der Waals surface area contributed by atoms with Crippen molar-refractivity contribution in [2.45, 2.75) is 26.2 Å². The molecule has 6 heteroatoms. The van der Waals surface area contributed by atoms with Crippen molar-refractivity contribution in [2.75, 3.05) is 6.61 Å². The van der Waals surface area contributed by atoms with Crippen molar-refractivity contribution in [3.63, 3.8) is 0 Å². The summed E-state index contributed by atoms with van der Waals surface area (Å²) in [5.41, 5.74) is 4.17. The molecule has 0 aliphatic rings. The molecule has 0 aromatic heterocycles. The SMILES string of the molecule is CC(=O)NNC(=O)COC(=O)C(C)(C)c1ccccc1.